The molecule has 0 bridgehead atoms. The van der Waals surface area contributed by atoms with Crippen molar-refractivity contribution < 1.29 is 9.59 Å². The molecule has 1 aliphatic heterocycles. The Morgan fingerprint density at radius 1 is 1.30 bits per heavy atom. The van der Waals surface area contributed by atoms with Crippen molar-refractivity contribution in [3.05, 3.63) is 49.0 Å². The van der Waals surface area contributed by atoms with Crippen LogP contribution in [0, 0.1) is 6.92 Å². The van der Waals surface area contributed by atoms with Gasteiger partial charge < -0.3 is 10.2 Å². The summed E-state index contributed by atoms with van der Waals surface area (Å²) in [7, 11) is 0. The number of likely N-dealkylation sites (tertiary alicyclic amines) is 1. The van der Waals surface area contributed by atoms with E-state index in [2.05, 4.69) is 5.32 Å². The number of hydrogen-bond acceptors (Lipinski definition) is 4. The van der Waals surface area contributed by atoms with Crippen LogP contribution in [0.5, 0.6) is 0 Å². The zero-order valence-corrected chi connectivity index (χ0v) is 17.0. The number of amides is 2. The van der Waals surface area contributed by atoms with Crippen molar-refractivity contribution in [1.82, 2.24) is 9.47 Å². The summed E-state index contributed by atoms with van der Waals surface area (Å²) in [5.41, 5.74) is 1.19. The highest BCUT2D eigenvalue weighted by molar-refractivity contribution is 7.07. The van der Waals surface area contributed by atoms with E-state index in [1.807, 2.05) is 0 Å². The van der Waals surface area contributed by atoms with Gasteiger partial charge in [0.2, 0.25) is 11.8 Å². The largest absolute Gasteiger partial charge is 0.329 e. The van der Waals surface area contributed by atoms with Crippen molar-refractivity contribution in [2.45, 2.75) is 38.8 Å². The van der Waals surface area contributed by atoms with Gasteiger partial charge in [-0.15, -0.1) is 0 Å². The molecule has 1 aromatic heterocycles. The smallest absolute Gasteiger partial charge is 0.307 e. The first-order chi connectivity index (χ1) is 12.9. The van der Waals surface area contributed by atoms with Crippen LogP contribution in [-0.4, -0.2) is 33.9 Å². The molecule has 3 rings (SSSR count). The molecule has 6 nitrogen and oxygen atoms in total. The number of thiazole rings is 1. The summed E-state index contributed by atoms with van der Waals surface area (Å²) < 4.78 is 1.44. The monoisotopic (exact) mass is 427 g/mol. The van der Waals surface area contributed by atoms with E-state index in [4.69, 9.17) is 23.2 Å². The summed E-state index contributed by atoms with van der Waals surface area (Å²) in [5.74, 6) is -0.526. The van der Waals surface area contributed by atoms with Gasteiger partial charge in [0.25, 0.3) is 0 Å². The number of nitrogens with zero attached hydrogens (tertiary/aromatic N) is 2. The average Bonchev–Trinajstić information content (AvgIpc) is 2.96. The normalized spacial score (nSPS) is 17.0. The molecule has 2 amide bonds. The van der Waals surface area contributed by atoms with Gasteiger partial charge in [-0.3, -0.25) is 19.0 Å². The molecule has 27 heavy (non-hydrogen) atoms. The van der Waals surface area contributed by atoms with Crippen LogP contribution in [0.2, 0.25) is 10.0 Å². The van der Waals surface area contributed by atoms with Gasteiger partial charge in [0, 0.05) is 22.6 Å². The van der Waals surface area contributed by atoms with Crippen molar-refractivity contribution in [3.63, 3.8) is 0 Å². The highest BCUT2D eigenvalue weighted by Gasteiger charge is 2.32. The number of halogens is 2. The molecule has 2 aromatic rings. The Kier molecular flexibility index (Phi) is 6.24. The van der Waals surface area contributed by atoms with E-state index in [1.54, 1.807) is 35.4 Å². The molecular formula is C18H19Cl2N3O3S. The van der Waals surface area contributed by atoms with Crippen molar-refractivity contribution in [2.75, 3.05) is 11.9 Å². The van der Waals surface area contributed by atoms with E-state index < -0.39 is 6.04 Å². The third-order valence-electron chi connectivity index (χ3n) is 4.58. The van der Waals surface area contributed by atoms with Crippen molar-refractivity contribution in [2.24, 2.45) is 0 Å². The highest BCUT2D eigenvalue weighted by Crippen LogP contribution is 2.27. The molecule has 0 saturated carbocycles. The molecule has 0 spiro atoms. The molecule has 1 aliphatic rings. The zero-order valence-electron chi connectivity index (χ0n) is 14.7. The number of benzene rings is 1. The fraction of sp³-hybridized carbons (Fsp3) is 0.389. The summed E-state index contributed by atoms with van der Waals surface area (Å²) in [6, 6.07) is 4.23. The van der Waals surface area contributed by atoms with E-state index in [-0.39, 0.29) is 23.2 Å². The second-order valence-electron chi connectivity index (χ2n) is 6.44. The predicted molar refractivity (Wildman–Crippen MR) is 108 cm³/mol. The first kappa shape index (κ1) is 19.9. The van der Waals surface area contributed by atoms with Crippen molar-refractivity contribution >= 4 is 52.0 Å². The van der Waals surface area contributed by atoms with Gasteiger partial charge in [-0.2, -0.15) is 0 Å². The van der Waals surface area contributed by atoms with Crippen LogP contribution >= 0.6 is 34.5 Å². The number of aromatic nitrogens is 1. The SMILES string of the molecule is Cc1csc(=O)n1CC(=O)N1CCCCC1C(=O)Nc1ccc(Cl)cc1Cl. The van der Waals surface area contributed by atoms with Crippen LogP contribution in [0.15, 0.2) is 28.4 Å². The lowest BCUT2D eigenvalue weighted by Crippen LogP contribution is -2.51. The van der Waals surface area contributed by atoms with E-state index in [0.29, 0.717) is 28.7 Å². The summed E-state index contributed by atoms with van der Waals surface area (Å²) >= 11 is 13.1. The van der Waals surface area contributed by atoms with Gasteiger partial charge >= 0.3 is 4.87 Å². The first-order valence-corrected chi connectivity index (χ1v) is 10.2. The molecule has 1 fully saturated rings. The fourth-order valence-electron chi connectivity index (χ4n) is 3.13. The van der Waals surface area contributed by atoms with Gasteiger partial charge in [-0.25, -0.2) is 0 Å². The topological polar surface area (TPSA) is 71.4 Å². The van der Waals surface area contributed by atoms with E-state index in [1.165, 1.54) is 4.57 Å². The Balaban J connectivity index is 1.75. The molecule has 1 N–H and O–H groups in total. The standard InChI is InChI=1S/C18H19Cl2N3O3S/c1-11-10-27-18(26)23(11)9-16(24)22-7-3-2-4-15(22)17(25)21-14-6-5-12(19)8-13(14)20/h5-6,8,10,15H,2-4,7,9H2,1H3,(H,21,25). The molecule has 9 heteroatoms. The van der Waals surface area contributed by atoms with Gasteiger partial charge in [-0.1, -0.05) is 34.5 Å². The Labute approximate surface area is 170 Å². The maximum atomic E-state index is 12.8. The van der Waals surface area contributed by atoms with E-state index in [0.717, 1.165) is 29.9 Å². The molecule has 1 saturated heterocycles. The quantitative estimate of drug-likeness (QED) is 0.810. The number of aryl methyl sites for hydroxylation is 1. The first-order valence-electron chi connectivity index (χ1n) is 8.57. The molecule has 1 atom stereocenters. The lowest BCUT2D eigenvalue weighted by atomic mass is 10.0. The van der Waals surface area contributed by atoms with Crippen LogP contribution in [0.25, 0.3) is 0 Å². The second kappa shape index (κ2) is 8.46. The van der Waals surface area contributed by atoms with Gasteiger partial charge in [0.15, 0.2) is 0 Å². The fourth-order valence-corrected chi connectivity index (χ4v) is 4.32. The number of rotatable bonds is 4. The molecular weight excluding hydrogens is 409 g/mol. The number of hydrogen-bond donors (Lipinski definition) is 1. The Bertz CT molecular complexity index is 925. The van der Waals surface area contributed by atoms with Crippen LogP contribution in [0.3, 0.4) is 0 Å². The highest BCUT2D eigenvalue weighted by atomic mass is 35.5. The van der Waals surface area contributed by atoms with Gasteiger partial charge in [0.1, 0.15) is 12.6 Å². The number of nitrogens with one attached hydrogen (secondary N) is 1. The summed E-state index contributed by atoms with van der Waals surface area (Å²) in [6.07, 6.45) is 2.25. The van der Waals surface area contributed by atoms with E-state index >= 15 is 0 Å². The molecule has 0 radical (unpaired) electrons. The lowest BCUT2D eigenvalue weighted by Gasteiger charge is -2.35. The maximum Gasteiger partial charge on any atom is 0.307 e. The molecule has 0 aliphatic carbocycles. The van der Waals surface area contributed by atoms with Crippen LogP contribution in [-0.2, 0) is 16.1 Å². The minimum atomic E-state index is -0.590. The third-order valence-corrected chi connectivity index (χ3v) is 6.01. The predicted octanol–water partition coefficient (Wildman–Crippen LogP) is 3.54. The lowest BCUT2D eigenvalue weighted by molar-refractivity contribution is -0.140. The minimum absolute atomic E-state index is 0.0559. The molecule has 1 aromatic carbocycles. The molecule has 144 valence electrons. The van der Waals surface area contributed by atoms with Crippen LogP contribution in [0.1, 0.15) is 25.0 Å². The Hall–Kier alpha value is -1.83. The van der Waals surface area contributed by atoms with Gasteiger partial charge in [-0.05, 0) is 44.4 Å². The summed E-state index contributed by atoms with van der Waals surface area (Å²) in [4.78, 5) is 38.9. The maximum absolute atomic E-state index is 12.8. The molecule has 2 heterocycles. The third kappa shape index (κ3) is 4.54. The Morgan fingerprint density at radius 3 is 2.74 bits per heavy atom. The van der Waals surface area contributed by atoms with E-state index in [9.17, 15) is 14.4 Å². The minimum Gasteiger partial charge on any atom is -0.329 e. The number of carbonyl (C=O) groups excluding carboxylic acids is 2. The summed E-state index contributed by atoms with van der Waals surface area (Å²) in [5, 5.41) is 5.32. The zero-order chi connectivity index (χ0) is 19.6. The number of carbonyl (C=O) groups is 2. The van der Waals surface area contributed by atoms with Gasteiger partial charge in [0.05, 0.1) is 10.7 Å². The van der Waals surface area contributed by atoms with Crippen molar-refractivity contribution in [1.29, 1.82) is 0 Å². The number of piperidine rings is 1. The van der Waals surface area contributed by atoms with Crippen molar-refractivity contribution in [3.8, 4) is 0 Å². The average molecular weight is 428 g/mol. The second-order valence-corrected chi connectivity index (χ2v) is 8.11. The Morgan fingerprint density at radius 2 is 2.07 bits per heavy atom. The number of anilines is 1. The van der Waals surface area contributed by atoms with Crippen LogP contribution in [0.4, 0.5) is 5.69 Å². The van der Waals surface area contributed by atoms with Crippen LogP contribution < -0.4 is 10.2 Å². The molecule has 1 unspecified atom stereocenters. The summed E-state index contributed by atoms with van der Waals surface area (Å²) in [6.45, 7) is 2.22.